The van der Waals surface area contributed by atoms with Crippen molar-refractivity contribution in [2.75, 3.05) is 19.8 Å². The van der Waals surface area contributed by atoms with Crippen LogP contribution in [0.2, 0.25) is 0 Å². The molecule has 1 amide bonds. The molecular formula is C18H24N2O3. The maximum Gasteiger partial charge on any atom is 0.256 e. The Morgan fingerprint density at radius 1 is 1.43 bits per heavy atom. The van der Waals surface area contributed by atoms with Crippen molar-refractivity contribution in [3.63, 3.8) is 0 Å². The predicted octanol–water partition coefficient (Wildman–Crippen LogP) is 2.83. The highest BCUT2D eigenvalue weighted by atomic mass is 16.5. The summed E-state index contributed by atoms with van der Waals surface area (Å²) >= 11 is 0. The lowest BCUT2D eigenvalue weighted by atomic mass is 10.1. The molecule has 0 spiro atoms. The molecule has 1 fully saturated rings. The van der Waals surface area contributed by atoms with E-state index in [1.807, 2.05) is 36.4 Å². The van der Waals surface area contributed by atoms with Crippen LogP contribution in [0.5, 0.6) is 5.75 Å². The molecule has 0 bridgehead atoms. The molecule has 1 atom stereocenters. The summed E-state index contributed by atoms with van der Waals surface area (Å²) in [6.07, 6.45) is 2.00. The van der Waals surface area contributed by atoms with Crippen LogP contribution in [-0.2, 0) is 11.8 Å². The second kappa shape index (κ2) is 6.24. The molecule has 1 unspecified atom stereocenters. The zero-order valence-corrected chi connectivity index (χ0v) is 14.0. The number of amides is 1. The van der Waals surface area contributed by atoms with Gasteiger partial charge in [-0.05, 0) is 44.9 Å². The van der Waals surface area contributed by atoms with Gasteiger partial charge in [-0.2, -0.15) is 0 Å². The number of rotatable bonds is 4. The lowest BCUT2D eigenvalue weighted by Crippen LogP contribution is -2.38. The quantitative estimate of drug-likeness (QED) is 0.943. The van der Waals surface area contributed by atoms with Crippen LogP contribution in [-0.4, -0.2) is 46.3 Å². The predicted molar refractivity (Wildman–Crippen MR) is 89.9 cm³/mol. The first-order chi connectivity index (χ1) is 11.0. The molecular weight excluding hydrogens is 292 g/mol. The molecule has 1 aliphatic heterocycles. The van der Waals surface area contributed by atoms with Gasteiger partial charge < -0.3 is 19.3 Å². The Hall–Kier alpha value is -2.01. The van der Waals surface area contributed by atoms with E-state index in [-0.39, 0.29) is 17.7 Å². The number of phenols is 1. The molecule has 0 aliphatic carbocycles. The van der Waals surface area contributed by atoms with Crippen molar-refractivity contribution in [1.29, 1.82) is 0 Å². The first-order valence-corrected chi connectivity index (χ1v) is 8.21. The normalized spacial score (nSPS) is 18.0. The summed E-state index contributed by atoms with van der Waals surface area (Å²) in [5.74, 6) is 0.227. The summed E-state index contributed by atoms with van der Waals surface area (Å²) in [7, 11) is 1.95. The second-order valence-electron chi connectivity index (χ2n) is 6.17. The maximum absolute atomic E-state index is 13.2. The van der Waals surface area contributed by atoms with Gasteiger partial charge in [0.2, 0.25) is 0 Å². The topological polar surface area (TPSA) is 54.7 Å². The Morgan fingerprint density at radius 3 is 2.96 bits per heavy atom. The number of aromatic hydroxyl groups is 1. The fourth-order valence-corrected chi connectivity index (χ4v) is 3.50. The molecule has 124 valence electrons. The van der Waals surface area contributed by atoms with Crippen LogP contribution in [0, 0.1) is 6.92 Å². The average Bonchev–Trinajstić information content (AvgIpc) is 3.09. The number of fused-ring (bicyclic) bond motifs is 1. The Kier molecular flexibility index (Phi) is 4.31. The second-order valence-corrected chi connectivity index (χ2v) is 6.17. The Morgan fingerprint density at radius 2 is 2.22 bits per heavy atom. The number of ether oxygens (including phenoxy) is 1. The monoisotopic (exact) mass is 316 g/mol. The van der Waals surface area contributed by atoms with Gasteiger partial charge in [0, 0.05) is 36.8 Å². The molecule has 2 heterocycles. The van der Waals surface area contributed by atoms with Gasteiger partial charge in [0.1, 0.15) is 5.75 Å². The third kappa shape index (κ3) is 2.70. The number of hydrogen-bond donors (Lipinski definition) is 1. The first kappa shape index (κ1) is 15.9. The van der Waals surface area contributed by atoms with Crippen LogP contribution >= 0.6 is 0 Å². The Labute approximate surface area is 136 Å². The third-order valence-corrected chi connectivity index (χ3v) is 4.84. The molecule has 2 aromatic rings. The van der Waals surface area contributed by atoms with E-state index in [9.17, 15) is 9.90 Å². The zero-order chi connectivity index (χ0) is 16.6. The van der Waals surface area contributed by atoms with Crippen molar-refractivity contribution in [2.24, 2.45) is 7.05 Å². The standard InChI is InChI=1S/C18H24N2O3/c1-4-23-11-13-6-5-9-20(13)18(22)17-12(2)19(3)16-8-7-14(21)10-15(16)17/h7-8,10,13,21H,4-6,9,11H2,1-3H3. The van der Waals surface area contributed by atoms with E-state index in [0.29, 0.717) is 18.8 Å². The maximum atomic E-state index is 13.2. The molecule has 0 saturated carbocycles. The van der Waals surface area contributed by atoms with Crippen LogP contribution < -0.4 is 0 Å². The highest BCUT2D eigenvalue weighted by Gasteiger charge is 2.32. The minimum absolute atomic E-state index is 0.0425. The van der Waals surface area contributed by atoms with Gasteiger partial charge in [0.25, 0.3) is 5.91 Å². The number of aryl methyl sites for hydroxylation is 1. The molecule has 3 rings (SSSR count). The van der Waals surface area contributed by atoms with Gasteiger partial charge in [0.15, 0.2) is 0 Å². The molecule has 23 heavy (non-hydrogen) atoms. The summed E-state index contributed by atoms with van der Waals surface area (Å²) in [6, 6.07) is 5.35. The minimum Gasteiger partial charge on any atom is -0.508 e. The lowest BCUT2D eigenvalue weighted by molar-refractivity contribution is 0.0565. The summed E-state index contributed by atoms with van der Waals surface area (Å²) in [4.78, 5) is 15.1. The van der Waals surface area contributed by atoms with Crippen molar-refractivity contribution in [2.45, 2.75) is 32.7 Å². The Bertz CT molecular complexity index is 735. The fourth-order valence-electron chi connectivity index (χ4n) is 3.50. The first-order valence-electron chi connectivity index (χ1n) is 8.21. The number of carbonyl (C=O) groups excluding carboxylic acids is 1. The smallest absolute Gasteiger partial charge is 0.256 e. The van der Waals surface area contributed by atoms with Crippen molar-refractivity contribution in [3.8, 4) is 5.75 Å². The minimum atomic E-state index is 0.0425. The number of benzene rings is 1. The van der Waals surface area contributed by atoms with Crippen molar-refractivity contribution in [3.05, 3.63) is 29.5 Å². The Balaban J connectivity index is 2.00. The molecule has 5 heteroatoms. The average molecular weight is 316 g/mol. The van der Waals surface area contributed by atoms with Crippen LogP contribution in [0.3, 0.4) is 0 Å². The molecule has 1 N–H and O–H groups in total. The van der Waals surface area contributed by atoms with Gasteiger partial charge in [-0.3, -0.25) is 4.79 Å². The SMILES string of the molecule is CCOCC1CCCN1C(=O)c1c(C)n(C)c2ccc(O)cc12. The van der Waals surface area contributed by atoms with Gasteiger partial charge in [-0.25, -0.2) is 0 Å². The molecule has 0 radical (unpaired) electrons. The van der Waals surface area contributed by atoms with E-state index < -0.39 is 0 Å². The largest absolute Gasteiger partial charge is 0.508 e. The lowest BCUT2D eigenvalue weighted by Gasteiger charge is -2.24. The summed E-state index contributed by atoms with van der Waals surface area (Å²) in [5, 5.41) is 10.6. The van der Waals surface area contributed by atoms with E-state index in [1.165, 1.54) is 0 Å². The number of likely N-dealkylation sites (tertiary alicyclic amines) is 1. The number of carbonyl (C=O) groups is 1. The van der Waals surface area contributed by atoms with E-state index in [4.69, 9.17) is 4.74 Å². The highest BCUT2D eigenvalue weighted by Crippen LogP contribution is 2.31. The van der Waals surface area contributed by atoms with E-state index in [2.05, 4.69) is 0 Å². The molecule has 1 saturated heterocycles. The zero-order valence-electron chi connectivity index (χ0n) is 14.0. The molecule has 1 aromatic carbocycles. The fraction of sp³-hybridized carbons (Fsp3) is 0.500. The number of aromatic nitrogens is 1. The van der Waals surface area contributed by atoms with Crippen molar-refractivity contribution in [1.82, 2.24) is 9.47 Å². The van der Waals surface area contributed by atoms with E-state index >= 15 is 0 Å². The highest BCUT2D eigenvalue weighted by molar-refractivity contribution is 6.09. The summed E-state index contributed by atoms with van der Waals surface area (Å²) in [5.41, 5.74) is 2.59. The van der Waals surface area contributed by atoms with Gasteiger partial charge >= 0.3 is 0 Å². The van der Waals surface area contributed by atoms with Crippen molar-refractivity contribution < 1.29 is 14.6 Å². The van der Waals surface area contributed by atoms with Gasteiger partial charge in [-0.15, -0.1) is 0 Å². The number of nitrogens with zero attached hydrogens (tertiary/aromatic N) is 2. The molecule has 1 aliphatic rings. The van der Waals surface area contributed by atoms with E-state index in [0.717, 1.165) is 36.0 Å². The van der Waals surface area contributed by atoms with Crippen LogP contribution in [0.25, 0.3) is 10.9 Å². The summed E-state index contributed by atoms with van der Waals surface area (Å²) < 4.78 is 7.55. The summed E-state index contributed by atoms with van der Waals surface area (Å²) in [6.45, 7) is 5.96. The number of phenolic OH excluding ortho intramolecular Hbond substituents is 1. The molecule has 5 nitrogen and oxygen atoms in total. The number of hydrogen-bond acceptors (Lipinski definition) is 3. The van der Waals surface area contributed by atoms with E-state index in [1.54, 1.807) is 12.1 Å². The van der Waals surface area contributed by atoms with Crippen molar-refractivity contribution >= 4 is 16.8 Å². The van der Waals surface area contributed by atoms with Crippen LogP contribution in [0.1, 0.15) is 35.8 Å². The van der Waals surface area contributed by atoms with Gasteiger partial charge in [0.05, 0.1) is 18.2 Å². The third-order valence-electron chi connectivity index (χ3n) is 4.84. The molecule has 1 aromatic heterocycles. The van der Waals surface area contributed by atoms with Gasteiger partial charge in [-0.1, -0.05) is 0 Å². The van der Waals surface area contributed by atoms with Crippen LogP contribution in [0.4, 0.5) is 0 Å². The van der Waals surface area contributed by atoms with Crippen LogP contribution in [0.15, 0.2) is 18.2 Å².